The highest BCUT2D eigenvalue weighted by molar-refractivity contribution is 5.98. The van der Waals surface area contributed by atoms with E-state index in [-0.39, 0.29) is 31.1 Å². The average molecular weight is 339 g/mol. The van der Waals surface area contributed by atoms with Crippen LogP contribution in [0.15, 0.2) is 54.6 Å². The van der Waals surface area contributed by atoms with Gasteiger partial charge in [0.25, 0.3) is 0 Å². The maximum absolute atomic E-state index is 12.0. The van der Waals surface area contributed by atoms with Crippen LogP contribution < -0.4 is 5.32 Å². The van der Waals surface area contributed by atoms with Gasteiger partial charge in [0.05, 0.1) is 6.42 Å². The van der Waals surface area contributed by atoms with Crippen LogP contribution in [0.5, 0.6) is 0 Å². The van der Waals surface area contributed by atoms with E-state index < -0.39 is 5.97 Å². The number of Topliss-reactive ketones (excluding diaryl/α,β-unsaturated/α-hetero) is 1. The number of ketones is 1. The Labute approximate surface area is 147 Å². The normalized spacial score (nSPS) is 10.1. The molecule has 0 spiro atoms. The summed E-state index contributed by atoms with van der Waals surface area (Å²) in [5.41, 5.74) is 2.28. The summed E-state index contributed by atoms with van der Waals surface area (Å²) in [6, 6.07) is 16.1. The van der Waals surface area contributed by atoms with Crippen LogP contribution in [0.4, 0.5) is 5.69 Å². The van der Waals surface area contributed by atoms with Crippen LogP contribution in [0.2, 0.25) is 0 Å². The van der Waals surface area contributed by atoms with E-state index in [1.165, 1.54) is 0 Å². The molecule has 0 bridgehead atoms. The van der Waals surface area contributed by atoms with E-state index in [4.69, 9.17) is 4.74 Å². The lowest BCUT2D eigenvalue weighted by Gasteiger charge is -2.09. The van der Waals surface area contributed by atoms with Gasteiger partial charge in [0.15, 0.2) is 12.4 Å². The molecule has 0 aliphatic carbocycles. The molecule has 25 heavy (non-hydrogen) atoms. The second-order valence-corrected chi connectivity index (χ2v) is 5.51. The Balaban J connectivity index is 1.74. The third-order valence-corrected chi connectivity index (χ3v) is 3.69. The minimum absolute atomic E-state index is 0.0103. The number of nitrogens with one attached hydrogen (secondary N) is 1. The van der Waals surface area contributed by atoms with Crippen molar-refractivity contribution in [3.05, 3.63) is 65.7 Å². The van der Waals surface area contributed by atoms with Gasteiger partial charge in [-0.15, -0.1) is 0 Å². The highest BCUT2D eigenvalue weighted by Gasteiger charge is 2.12. The molecule has 0 aliphatic rings. The van der Waals surface area contributed by atoms with Crippen LogP contribution in [-0.2, 0) is 20.7 Å². The van der Waals surface area contributed by atoms with Gasteiger partial charge in [-0.2, -0.15) is 0 Å². The van der Waals surface area contributed by atoms with Gasteiger partial charge < -0.3 is 10.1 Å². The Hall–Kier alpha value is -2.95. The van der Waals surface area contributed by atoms with Crippen LogP contribution in [0.3, 0.4) is 0 Å². The summed E-state index contributed by atoms with van der Waals surface area (Å²) in [5.74, 6) is -1.09. The van der Waals surface area contributed by atoms with E-state index >= 15 is 0 Å². The molecule has 0 unspecified atom stereocenters. The van der Waals surface area contributed by atoms with Crippen molar-refractivity contribution in [2.24, 2.45) is 0 Å². The lowest BCUT2D eigenvalue weighted by atomic mass is 10.1. The zero-order valence-corrected chi connectivity index (χ0v) is 14.2. The number of amides is 1. The fourth-order valence-corrected chi connectivity index (χ4v) is 2.30. The quantitative estimate of drug-likeness (QED) is 0.591. The van der Waals surface area contributed by atoms with Gasteiger partial charge >= 0.3 is 5.97 Å². The van der Waals surface area contributed by atoms with Crippen molar-refractivity contribution in [2.45, 2.75) is 26.2 Å². The van der Waals surface area contributed by atoms with Gasteiger partial charge in [0.2, 0.25) is 5.91 Å². The predicted molar refractivity (Wildman–Crippen MR) is 95.4 cm³/mol. The first-order chi connectivity index (χ1) is 12.1. The minimum atomic E-state index is -0.566. The summed E-state index contributed by atoms with van der Waals surface area (Å²) in [5, 5.41) is 2.79. The molecule has 0 aliphatic heterocycles. The Bertz CT molecular complexity index is 740. The van der Waals surface area contributed by atoms with Gasteiger partial charge in [0, 0.05) is 17.7 Å². The van der Waals surface area contributed by atoms with Crippen molar-refractivity contribution >= 4 is 23.3 Å². The number of benzene rings is 2. The topological polar surface area (TPSA) is 72.5 Å². The molecule has 0 saturated heterocycles. The summed E-state index contributed by atoms with van der Waals surface area (Å²) < 4.78 is 4.94. The number of aryl methyl sites for hydroxylation is 1. The number of carbonyl (C=O) groups excluding carboxylic acids is 3. The highest BCUT2D eigenvalue weighted by Crippen LogP contribution is 2.15. The summed E-state index contributed by atoms with van der Waals surface area (Å²) in [7, 11) is 0. The zero-order valence-electron chi connectivity index (χ0n) is 14.2. The van der Waals surface area contributed by atoms with E-state index in [0.717, 1.165) is 17.7 Å². The molecule has 0 saturated carbocycles. The van der Waals surface area contributed by atoms with Crippen LogP contribution in [0, 0.1) is 0 Å². The molecule has 0 heterocycles. The Morgan fingerprint density at radius 2 is 1.60 bits per heavy atom. The minimum Gasteiger partial charge on any atom is -0.457 e. The molecular formula is C20H21NO4. The Morgan fingerprint density at radius 1 is 0.920 bits per heavy atom. The third-order valence-electron chi connectivity index (χ3n) is 3.69. The first-order valence-corrected chi connectivity index (χ1v) is 8.21. The van der Waals surface area contributed by atoms with E-state index in [9.17, 15) is 14.4 Å². The van der Waals surface area contributed by atoms with Crippen LogP contribution in [0.1, 0.15) is 35.7 Å². The second kappa shape index (κ2) is 9.37. The monoisotopic (exact) mass is 339 g/mol. The standard InChI is InChI=1S/C20H21NO4/c1-2-15-8-6-7-11-17(15)21-19(23)12-13-20(24)25-14-18(22)16-9-4-3-5-10-16/h3-11H,2,12-14H2,1H3,(H,21,23). The molecule has 2 aromatic rings. The van der Waals surface area contributed by atoms with Crippen LogP contribution >= 0.6 is 0 Å². The number of rotatable bonds is 8. The van der Waals surface area contributed by atoms with Crippen molar-refractivity contribution < 1.29 is 19.1 Å². The van der Waals surface area contributed by atoms with E-state index in [1.54, 1.807) is 30.3 Å². The molecular weight excluding hydrogens is 318 g/mol. The summed E-state index contributed by atoms with van der Waals surface area (Å²) in [6.45, 7) is 1.69. The number of esters is 1. The smallest absolute Gasteiger partial charge is 0.306 e. The third kappa shape index (κ3) is 5.88. The molecule has 1 N–H and O–H groups in total. The molecule has 0 fully saturated rings. The number of hydrogen-bond donors (Lipinski definition) is 1. The van der Waals surface area contributed by atoms with Crippen molar-refractivity contribution in [3.63, 3.8) is 0 Å². The summed E-state index contributed by atoms with van der Waals surface area (Å²) in [4.78, 5) is 35.5. The lowest BCUT2D eigenvalue weighted by Crippen LogP contribution is -2.17. The van der Waals surface area contributed by atoms with E-state index in [1.807, 2.05) is 31.2 Å². The molecule has 2 rings (SSSR count). The van der Waals surface area contributed by atoms with Gasteiger partial charge in [-0.25, -0.2) is 0 Å². The van der Waals surface area contributed by atoms with Crippen molar-refractivity contribution in [2.75, 3.05) is 11.9 Å². The zero-order chi connectivity index (χ0) is 18.1. The van der Waals surface area contributed by atoms with Gasteiger partial charge in [0.1, 0.15) is 0 Å². The first kappa shape index (κ1) is 18.4. The maximum Gasteiger partial charge on any atom is 0.306 e. The molecule has 5 heteroatoms. The second-order valence-electron chi connectivity index (χ2n) is 5.51. The molecule has 130 valence electrons. The lowest BCUT2D eigenvalue weighted by molar-refractivity contribution is -0.143. The number of ether oxygens (including phenoxy) is 1. The van der Waals surface area contributed by atoms with Gasteiger partial charge in [-0.05, 0) is 18.1 Å². The Kier molecular flexibility index (Phi) is 6.89. The average Bonchev–Trinajstić information content (AvgIpc) is 2.65. The van der Waals surface area contributed by atoms with E-state index in [2.05, 4.69) is 5.32 Å². The number of carbonyl (C=O) groups is 3. The van der Waals surface area contributed by atoms with E-state index in [0.29, 0.717) is 5.56 Å². The Morgan fingerprint density at radius 3 is 2.32 bits per heavy atom. The van der Waals surface area contributed by atoms with Crippen molar-refractivity contribution in [3.8, 4) is 0 Å². The van der Waals surface area contributed by atoms with Gasteiger partial charge in [-0.1, -0.05) is 55.5 Å². The largest absolute Gasteiger partial charge is 0.457 e. The fourth-order valence-electron chi connectivity index (χ4n) is 2.30. The summed E-state index contributed by atoms with van der Waals surface area (Å²) >= 11 is 0. The summed E-state index contributed by atoms with van der Waals surface area (Å²) in [6.07, 6.45) is 0.749. The molecule has 1 amide bonds. The predicted octanol–water partition coefficient (Wildman–Crippen LogP) is 3.39. The van der Waals surface area contributed by atoms with Crippen LogP contribution in [0.25, 0.3) is 0 Å². The van der Waals surface area contributed by atoms with Crippen LogP contribution in [-0.4, -0.2) is 24.3 Å². The maximum atomic E-state index is 12.0. The number of anilines is 1. The fraction of sp³-hybridized carbons (Fsp3) is 0.250. The molecule has 5 nitrogen and oxygen atoms in total. The highest BCUT2D eigenvalue weighted by atomic mass is 16.5. The van der Waals surface area contributed by atoms with Crippen molar-refractivity contribution in [1.82, 2.24) is 0 Å². The molecule has 0 aromatic heterocycles. The molecule has 0 atom stereocenters. The number of para-hydroxylation sites is 1. The number of hydrogen-bond acceptors (Lipinski definition) is 4. The SMILES string of the molecule is CCc1ccccc1NC(=O)CCC(=O)OCC(=O)c1ccccc1. The van der Waals surface area contributed by atoms with Crippen molar-refractivity contribution in [1.29, 1.82) is 0 Å². The molecule has 2 aromatic carbocycles. The first-order valence-electron chi connectivity index (χ1n) is 8.21. The van der Waals surface area contributed by atoms with Gasteiger partial charge in [-0.3, -0.25) is 14.4 Å². The molecule has 0 radical (unpaired) electrons.